The third-order valence-electron chi connectivity index (χ3n) is 3.38. The van der Waals surface area contributed by atoms with Crippen LogP contribution in [0.15, 0.2) is 18.2 Å². The fourth-order valence-electron chi connectivity index (χ4n) is 2.34. The third-order valence-corrected chi connectivity index (χ3v) is 3.38. The number of piperazine rings is 1. The van der Waals surface area contributed by atoms with Gasteiger partial charge in [-0.2, -0.15) is 0 Å². The molecule has 19 heavy (non-hydrogen) atoms. The lowest BCUT2D eigenvalue weighted by Gasteiger charge is -2.29. The predicted molar refractivity (Wildman–Crippen MR) is 72.0 cm³/mol. The second-order valence-corrected chi connectivity index (χ2v) is 5.11. The second kappa shape index (κ2) is 6.93. The van der Waals surface area contributed by atoms with E-state index in [9.17, 15) is 8.78 Å². The van der Waals surface area contributed by atoms with Gasteiger partial charge in [0.05, 0.1) is 0 Å². The van der Waals surface area contributed by atoms with E-state index in [-0.39, 0.29) is 0 Å². The van der Waals surface area contributed by atoms with Crippen LogP contribution in [0.3, 0.4) is 0 Å². The lowest BCUT2D eigenvalue weighted by molar-refractivity contribution is 0.202. The lowest BCUT2D eigenvalue weighted by atomic mass is 10.2. The van der Waals surface area contributed by atoms with E-state index in [1.807, 2.05) is 7.05 Å². The topological polar surface area (TPSA) is 18.5 Å². The van der Waals surface area contributed by atoms with Crippen LogP contribution in [0, 0.1) is 11.6 Å². The largest absolute Gasteiger partial charge is 0.314 e. The molecule has 0 aliphatic carbocycles. The Kier molecular flexibility index (Phi) is 5.24. The van der Waals surface area contributed by atoms with E-state index in [1.54, 1.807) is 0 Å². The van der Waals surface area contributed by atoms with Crippen LogP contribution in [0.5, 0.6) is 0 Å². The van der Waals surface area contributed by atoms with Gasteiger partial charge in [0.25, 0.3) is 0 Å². The molecule has 1 N–H and O–H groups in total. The highest BCUT2D eigenvalue weighted by molar-refractivity contribution is 5.17. The molecule has 0 atom stereocenters. The number of nitrogens with zero attached hydrogens (tertiary/aromatic N) is 2. The van der Waals surface area contributed by atoms with Gasteiger partial charge in [-0.1, -0.05) is 0 Å². The monoisotopic (exact) mass is 269 g/mol. The molecule has 0 amide bonds. The Hall–Kier alpha value is -1.04. The normalized spacial score (nSPS) is 17.1. The molecule has 2 rings (SSSR count). The van der Waals surface area contributed by atoms with Crippen LogP contribution in [0.1, 0.15) is 5.56 Å². The van der Waals surface area contributed by atoms with Crippen molar-refractivity contribution in [3.05, 3.63) is 35.4 Å². The molecule has 3 nitrogen and oxygen atoms in total. The van der Waals surface area contributed by atoms with Crippen LogP contribution in [0.25, 0.3) is 0 Å². The molecule has 1 aliphatic heterocycles. The number of hydrogen-bond donors (Lipinski definition) is 1. The van der Waals surface area contributed by atoms with E-state index in [2.05, 4.69) is 15.1 Å². The highest BCUT2D eigenvalue weighted by Crippen LogP contribution is 2.09. The fraction of sp³-hybridized carbons (Fsp3) is 0.571. The first kappa shape index (κ1) is 14.4. The van der Waals surface area contributed by atoms with E-state index in [0.29, 0.717) is 12.1 Å². The summed E-state index contributed by atoms with van der Waals surface area (Å²) in [7, 11) is 1.98. The van der Waals surface area contributed by atoms with Gasteiger partial charge in [-0.15, -0.1) is 0 Å². The van der Waals surface area contributed by atoms with Gasteiger partial charge in [0.15, 0.2) is 0 Å². The molecule has 1 saturated heterocycles. The summed E-state index contributed by atoms with van der Waals surface area (Å²) in [5.41, 5.74) is 0.681. The van der Waals surface area contributed by atoms with E-state index in [1.165, 1.54) is 12.1 Å². The van der Waals surface area contributed by atoms with Crippen LogP contribution in [-0.4, -0.2) is 56.1 Å². The van der Waals surface area contributed by atoms with Crippen LogP contribution in [0.2, 0.25) is 0 Å². The summed E-state index contributed by atoms with van der Waals surface area (Å²) < 4.78 is 26.2. The van der Waals surface area contributed by atoms with Gasteiger partial charge in [0, 0.05) is 51.9 Å². The van der Waals surface area contributed by atoms with Crippen LogP contribution in [0.4, 0.5) is 8.78 Å². The lowest BCUT2D eigenvalue weighted by Crippen LogP contribution is -2.45. The van der Waals surface area contributed by atoms with Crippen molar-refractivity contribution in [1.82, 2.24) is 15.1 Å². The molecule has 5 heteroatoms. The third kappa shape index (κ3) is 4.86. The average molecular weight is 269 g/mol. The summed E-state index contributed by atoms with van der Waals surface area (Å²) in [6, 6.07) is 3.69. The smallest absolute Gasteiger partial charge is 0.126 e. The Balaban J connectivity index is 1.78. The van der Waals surface area contributed by atoms with Crippen molar-refractivity contribution >= 4 is 0 Å². The zero-order chi connectivity index (χ0) is 13.7. The highest BCUT2D eigenvalue weighted by atomic mass is 19.1. The molecule has 1 aromatic carbocycles. The molecule has 1 aliphatic rings. The molecule has 0 unspecified atom stereocenters. The molecular weight excluding hydrogens is 248 g/mol. The Morgan fingerprint density at radius 2 is 1.79 bits per heavy atom. The minimum absolute atomic E-state index is 0.509. The Morgan fingerprint density at radius 3 is 2.42 bits per heavy atom. The van der Waals surface area contributed by atoms with Crippen molar-refractivity contribution in [2.75, 3.05) is 46.3 Å². The van der Waals surface area contributed by atoms with Gasteiger partial charge in [-0.25, -0.2) is 8.78 Å². The van der Waals surface area contributed by atoms with Gasteiger partial charge in [-0.3, -0.25) is 4.90 Å². The Morgan fingerprint density at radius 1 is 1.16 bits per heavy atom. The maximum absolute atomic E-state index is 13.1. The maximum Gasteiger partial charge on any atom is 0.126 e. The van der Waals surface area contributed by atoms with Gasteiger partial charge < -0.3 is 10.2 Å². The molecule has 0 saturated carbocycles. The standard InChI is InChI=1S/C14H21F2N3/c1-18(6-7-19-4-2-17-3-5-19)11-12-8-13(15)10-14(16)9-12/h8-10,17H,2-7,11H2,1H3. The number of halogens is 2. The van der Waals surface area contributed by atoms with Crippen molar-refractivity contribution in [2.24, 2.45) is 0 Å². The van der Waals surface area contributed by atoms with Crippen molar-refractivity contribution in [2.45, 2.75) is 6.54 Å². The second-order valence-electron chi connectivity index (χ2n) is 5.11. The van der Waals surface area contributed by atoms with E-state index in [0.717, 1.165) is 45.3 Å². The summed E-state index contributed by atoms with van der Waals surface area (Å²) in [5.74, 6) is -1.02. The molecule has 106 valence electrons. The molecule has 0 spiro atoms. The van der Waals surface area contributed by atoms with Crippen LogP contribution in [-0.2, 0) is 6.54 Å². The highest BCUT2D eigenvalue weighted by Gasteiger charge is 2.10. The van der Waals surface area contributed by atoms with Crippen LogP contribution < -0.4 is 5.32 Å². The first-order valence-corrected chi connectivity index (χ1v) is 6.70. The first-order valence-electron chi connectivity index (χ1n) is 6.70. The van der Waals surface area contributed by atoms with E-state index >= 15 is 0 Å². The number of likely N-dealkylation sites (N-methyl/N-ethyl adjacent to an activating group) is 1. The summed E-state index contributed by atoms with van der Waals surface area (Å²) in [6.45, 7) is 6.69. The van der Waals surface area contributed by atoms with Gasteiger partial charge >= 0.3 is 0 Å². The summed E-state index contributed by atoms with van der Waals surface area (Å²) >= 11 is 0. The zero-order valence-corrected chi connectivity index (χ0v) is 11.3. The number of nitrogens with one attached hydrogen (secondary N) is 1. The first-order chi connectivity index (χ1) is 9.13. The zero-order valence-electron chi connectivity index (χ0n) is 11.3. The Bertz CT molecular complexity index is 385. The predicted octanol–water partition coefficient (Wildman–Crippen LogP) is 1.30. The molecule has 1 heterocycles. The maximum atomic E-state index is 13.1. The minimum atomic E-state index is -0.509. The SMILES string of the molecule is CN(CCN1CCNCC1)Cc1cc(F)cc(F)c1. The Labute approximate surface area is 113 Å². The number of rotatable bonds is 5. The summed E-state index contributed by atoms with van der Waals surface area (Å²) in [6.07, 6.45) is 0. The molecule has 1 fully saturated rings. The van der Waals surface area contributed by atoms with Crippen molar-refractivity contribution in [3.63, 3.8) is 0 Å². The van der Waals surface area contributed by atoms with E-state index < -0.39 is 11.6 Å². The number of benzene rings is 1. The van der Waals surface area contributed by atoms with Crippen molar-refractivity contribution < 1.29 is 8.78 Å². The van der Waals surface area contributed by atoms with Gasteiger partial charge in [0.2, 0.25) is 0 Å². The van der Waals surface area contributed by atoms with Gasteiger partial charge in [0.1, 0.15) is 11.6 Å². The quantitative estimate of drug-likeness (QED) is 0.869. The summed E-state index contributed by atoms with van der Waals surface area (Å²) in [4.78, 5) is 4.50. The molecule has 0 bridgehead atoms. The van der Waals surface area contributed by atoms with E-state index in [4.69, 9.17) is 0 Å². The molecule has 0 aromatic heterocycles. The van der Waals surface area contributed by atoms with Gasteiger partial charge in [-0.05, 0) is 24.7 Å². The van der Waals surface area contributed by atoms with Crippen molar-refractivity contribution in [1.29, 1.82) is 0 Å². The molecule has 1 aromatic rings. The fourth-order valence-corrected chi connectivity index (χ4v) is 2.34. The summed E-state index contributed by atoms with van der Waals surface area (Å²) in [5, 5.41) is 3.32. The van der Waals surface area contributed by atoms with Crippen molar-refractivity contribution in [3.8, 4) is 0 Å². The molecular formula is C14H21F2N3. The average Bonchev–Trinajstić information content (AvgIpc) is 2.36. The molecule has 0 radical (unpaired) electrons. The minimum Gasteiger partial charge on any atom is -0.314 e. The number of hydrogen-bond acceptors (Lipinski definition) is 3. The van der Waals surface area contributed by atoms with Crippen LogP contribution >= 0.6 is 0 Å².